The van der Waals surface area contributed by atoms with E-state index in [2.05, 4.69) is 21.2 Å². The van der Waals surface area contributed by atoms with Crippen molar-refractivity contribution >= 4 is 28.3 Å². The molecule has 6 rings (SSSR count). The average Bonchev–Trinajstić information content (AvgIpc) is 3.33. The maximum Gasteiger partial charge on any atom is 0.180 e. The fraction of sp³-hybridized carbons (Fsp3) is 0.174. The standard InChI is InChI=1S/C23H17ClFN5/c24-21-19(8-10-30-20(11-14-1-2-14)27-28-23(21)30)16-12-15-7-9-29(22(15)26-13-16)18-5-3-17(25)4-6-18/h3-10,12-14H,1-2,11H2. The first-order valence-corrected chi connectivity index (χ1v) is 10.3. The molecule has 5 nitrogen and oxygen atoms in total. The largest absolute Gasteiger partial charge is 0.301 e. The molecule has 1 aliphatic carbocycles. The minimum Gasteiger partial charge on any atom is -0.301 e. The monoisotopic (exact) mass is 417 g/mol. The molecule has 7 heteroatoms. The van der Waals surface area contributed by atoms with Gasteiger partial charge in [-0.25, -0.2) is 9.37 Å². The molecule has 0 radical (unpaired) electrons. The molecule has 0 saturated heterocycles. The molecule has 0 unspecified atom stereocenters. The van der Waals surface area contributed by atoms with Crippen LogP contribution in [0.5, 0.6) is 0 Å². The second-order valence-corrected chi connectivity index (χ2v) is 8.18. The molecule has 0 aliphatic heterocycles. The molecule has 0 atom stereocenters. The zero-order chi connectivity index (χ0) is 20.2. The lowest BCUT2D eigenvalue weighted by Gasteiger charge is -2.08. The normalized spacial score (nSPS) is 14.1. The van der Waals surface area contributed by atoms with E-state index in [0.717, 1.165) is 46.0 Å². The molecule has 0 bridgehead atoms. The summed E-state index contributed by atoms with van der Waals surface area (Å²) in [5.41, 5.74) is 4.13. The highest BCUT2D eigenvalue weighted by Gasteiger charge is 2.24. The van der Waals surface area contributed by atoms with Gasteiger partial charge in [-0.2, -0.15) is 0 Å². The van der Waals surface area contributed by atoms with Gasteiger partial charge in [0, 0.05) is 47.2 Å². The van der Waals surface area contributed by atoms with Crippen molar-refractivity contribution in [1.82, 2.24) is 24.1 Å². The molecule has 4 aromatic heterocycles. The van der Waals surface area contributed by atoms with E-state index in [1.54, 1.807) is 12.1 Å². The summed E-state index contributed by atoms with van der Waals surface area (Å²) in [6.45, 7) is 0. The van der Waals surface area contributed by atoms with Crippen LogP contribution < -0.4 is 0 Å². The fourth-order valence-corrected chi connectivity index (χ4v) is 4.20. The summed E-state index contributed by atoms with van der Waals surface area (Å²) in [7, 11) is 0. The summed E-state index contributed by atoms with van der Waals surface area (Å²) in [5, 5.41) is 10.2. The first-order chi connectivity index (χ1) is 14.7. The topological polar surface area (TPSA) is 48.0 Å². The molecule has 0 amide bonds. The first kappa shape index (κ1) is 17.6. The molecule has 30 heavy (non-hydrogen) atoms. The van der Waals surface area contributed by atoms with Crippen LogP contribution in [-0.4, -0.2) is 24.1 Å². The number of hydrogen-bond acceptors (Lipinski definition) is 3. The highest BCUT2D eigenvalue weighted by atomic mass is 35.5. The van der Waals surface area contributed by atoms with E-state index < -0.39 is 0 Å². The minimum absolute atomic E-state index is 0.260. The molecule has 1 aromatic carbocycles. The maximum absolute atomic E-state index is 13.2. The number of hydrogen-bond donors (Lipinski definition) is 0. The van der Waals surface area contributed by atoms with Gasteiger partial charge in [-0.3, -0.25) is 4.40 Å². The Morgan fingerprint density at radius 3 is 2.63 bits per heavy atom. The van der Waals surface area contributed by atoms with Crippen molar-refractivity contribution in [3.05, 3.63) is 77.7 Å². The van der Waals surface area contributed by atoms with Gasteiger partial charge in [-0.05, 0) is 61.2 Å². The van der Waals surface area contributed by atoms with Gasteiger partial charge in [0.2, 0.25) is 0 Å². The number of benzene rings is 1. The average molecular weight is 418 g/mol. The Balaban J connectivity index is 1.41. The molecule has 1 saturated carbocycles. The van der Waals surface area contributed by atoms with E-state index in [4.69, 9.17) is 11.6 Å². The lowest BCUT2D eigenvalue weighted by Crippen LogP contribution is -1.97. The zero-order valence-electron chi connectivity index (χ0n) is 16.0. The highest BCUT2D eigenvalue weighted by molar-refractivity contribution is 6.36. The quantitative estimate of drug-likeness (QED) is 0.389. The van der Waals surface area contributed by atoms with Gasteiger partial charge in [0.15, 0.2) is 5.65 Å². The molecular weight excluding hydrogens is 401 g/mol. The molecule has 1 fully saturated rings. The third-order valence-corrected chi connectivity index (χ3v) is 6.07. The second kappa shape index (κ2) is 6.64. The zero-order valence-corrected chi connectivity index (χ0v) is 16.7. The number of pyridine rings is 2. The van der Waals surface area contributed by atoms with Gasteiger partial charge < -0.3 is 4.57 Å². The molecular formula is C23H17ClFN5. The maximum atomic E-state index is 13.2. The summed E-state index contributed by atoms with van der Waals surface area (Å²) in [6.07, 6.45) is 9.21. The van der Waals surface area contributed by atoms with Crippen molar-refractivity contribution < 1.29 is 4.39 Å². The van der Waals surface area contributed by atoms with E-state index in [-0.39, 0.29) is 5.82 Å². The van der Waals surface area contributed by atoms with Crippen molar-refractivity contribution in [2.75, 3.05) is 0 Å². The Kier molecular flexibility index (Phi) is 3.89. The van der Waals surface area contributed by atoms with Crippen LogP contribution in [0.25, 0.3) is 33.5 Å². The van der Waals surface area contributed by atoms with Gasteiger partial charge in [0.1, 0.15) is 17.3 Å². The lowest BCUT2D eigenvalue weighted by molar-refractivity contribution is 0.627. The summed E-state index contributed by atoms with van der Waals surface area (Å²) >= 11 is 6.72. The second-order valence-electron chi connectivity index (χ2n) is 7.80. The van der Waals surface area contributed by atoms with E-state index in [1.165, 1.54) is 25.0 Å². The third-order valence-electron chi connectivity index (χ3n) is 5.70. The Morgan fingerprint density at radius 2 is 1.83 bits per heavy atom. The Bertz CT molecular complexity index is 1400. The number of aromatic nitrogens is 5. The summed E-state index contributed by atoms with van der Waals surface area (Å²) in [4.78, 5) is 4.66. The van der Waals surface area contributed by atoms with Crippen LogP contribution in [0.3, 0.4) is 0 Å². The van der Waals surface area contributed by atoms with Crippen LogP contribution >= 0.6 is 11.6 Å². The van der Waals surface area contributed by atoms with Gasteiger partial charge in [0.05, 0.1) is 5.02 Å². The van der Waals surface area contributed by atoms with Crippen molar-refractivity contribution in [3.8, 4) is 16.8 Å². The van der Waals surface area contributed by atoms with Crippen molar-refractivity contribution in [1.29, 1.82) is 0 Å². The van der Waals surface area contributed by atoms with Gasteiger partial charge >= 0.3 is 0 Å². The lowest BCUT2D eigenvalue weighted by atomic mass is 10.1. The Hall–Kier alpha value is -3.25. The van der Waals surface area contributed by atoms with Crippen LogP contribution in [-0.2, 0) is 6.42 Å². The van der Waals surface area contributed by atoms with Gasteiger partial charge in [-0.15, -0.1) is 10.2 Å². The Morgan fingerprint density at radius 1 is 1.00 bits per heavy atom. The van der Waals surface area contributed by atoms with E-state index in [9.17, 15) is 4.39 Å². The molecule has 0 N–H and O–H groups in total. The minimum atomic E-state index is -0.260. The summed E-state index contributed by atoms with van der Waals surface area (Å²) < 4.78 is 17.2. The van der Waals surface area contributed by atoms with Crippen LogP contribution in [0.2, 0.25) is 5.02 Å². The summed E-state index contributed by atoms with van der Waals surface area (Å²) in [5.74, 6) is 1.43. The summed E-state index contributed by atoms with van der Waals surface area (Å²) in [6, 6.07) is 12.4. The van der Waals surface area contributed by atoms with Crippen molar-refractivity contribution in [2.24, 2.45) is 5.92 Å². The molecule has 1 aliphatic rings. The van der Waals surface area contributed by atoms with Crippen LogP contribution in [0.4, 0.5) is 4.39 Å². The number of rotatable bonds is 4. The smallest absolute Gasteiger partial charge is 0.180 e. The molecule has 0 spiro atoms. The van der Waals surface area contributed by atoms with E-state index in [0.29, 0.717) is 10.7 Å². The van der Waals surface area contributed by atoms with Crippen LogP contribution in [0.15, 0.2) is 61.1 Å². The van der Waals surface area contributed by atoms with Crippen molar-refractivity contribution in [2.45, 2.75) is 19.3 Å². The number of fused-ring (bicyclic) bond motifs is 2. The predicted molar refractivity (Wildman–Crippen MR) is 114 cm³/mol. The SMILES string of the molecule is Fc1ccc(-n2ccc3cc(-c4ccn5c(CC6CC6)nnc5c4Cl)cnc32)cc1. The number of halogens is 2. The molecule has 5 aromatic rings. The highest BCUT2D eigenvalue weighted by Crippen LogP contribution is 2.35. The Labute approximate surface area is 176 Å². The predicted octanol–water partition coefficient (Wildman–Crippen LogP) is 5.48. The molecule has 148 valence electrons. The van der Waals surface area contributed by atoms with Gasteiger partial charge in [-0.1, -0.05) is 11.6 Å². The fourth-order valence-electron chi connectivity index (χ4n) is 3.90. The van der Waals surface area contributed by atoms with E-state index in [1.807, 2.05) is 39.7 Å². The van der Waals surface area contributed by atoms with Gasteiger partial charge in [0.25, 0.3) is 0 Å². The molecule has 4 heterocycles. The van der Waals surface area contributed by atoms with Crippen LogP contribution in [0.1, 0.15) is 18.7 Å². The van der Waals surface area contributed by atoms with Crippen LogP contribution in [0, 0.1) is 11.7 Å². The first-order valence-electron chi connectivity index (χ1n) is 9.93. The number of nitrogens with zero attached hydrogens (tertiary/aromatic N) is 5. The third kappa shape index (κ3) is 2.87. The van der Waals surface area contributed by atoms with E-state index >= 15 is 0 Å². The van der Waals surface area contributed by atoms with Crippen molar-refractivity contribution in [3.63, 3.8) is 0 Å².